The van der Waals surface area contributed by atoms with Crippen molar-refractivity contribution in [2.24, 2.45) is 5.92 Å². The molecule has 230 valence electrons. The van der Waals surface area contributed by atoms with Crippen LogP contribution >= 0.6 is 0 Å². The molecule has 1 aromatic carbocycles. The molecule has 5 heterocycles. The number of fused-ring (bicyclic) bond motifs is 2. The fourth-order valence-corrected chi connectivity index (χ4v) is 6.00. The van der Waals surface area contributed by atoms with Gasteiger partial charge in [-0.3, -0.25) is 14.2 Å². The topological polar surface area (TPSA) is 128 Å². The Balaban J connectivity index is 1.27. The number of anilines is 3. The summed E-state index contributed by atoms with van der Waals surface area (Å²) in [6.07, 6.45) is 4.91. The van der Waals surface area contributed by atoms with Crippen LogP contribution < -0.4 is 25.8 Å². The van der Waals surface area contributed by atoms with E-state index in [0.717, 1.165) is 24.2 Å². The van der Waals surface area contributed by atoms with Gasteiger partial charge in [0, 0.05) is 38.7 Å². The van der Waals surface area contributed by atoms with E-state index in [1.54, 1.807) is 55.9 Å². The maximum Gasteiger partial charge on any atom is 0.279 e. The Morgan fingerprint density at radius 2 is 2.02 bits per heavy atom. The van der Waals surface area contributed by atoms with E-state index >= 15 is 4.39 Å². The second kappa shape index (κ2) is 11.7. The molecule has 45 heavy (non-hydrogen) atoms. The molecule has 1 saturated carbocycles. The van der Waals surface area contributed by atoms with Gasteiger partial charge in [-0.25, -0.2) is 9.97 Å². The van der Waals surface area contributed by atoms with Crippen molar-refractivity contribution >= 4 is 28.9 Å². The lowest BCUT2D eigenvalue weighted by Gasteiger charge is -2.39. The van der Waals surface area contributed by atoms with Crippen LogP contribution in [-0.2, 0) is 11.3 Å². The largest absolute Gasteiger partial charge is 0.497 e. The quantitative estimate of drug-likeness (QED) is 0.257. The first-order valence-corrected chi connectivity index (χ1v) is 14.7. The third kappa shape index (κ3) is 5.35. The summed E-state index contributed by atoms with van der Waals surface area (Å²) in [7, 11) is 3.43. The second-order valence-corrected chi connectivity index (χ2v) is 11.2. The van der Waals surface area contributed by atoms with Gasteiger partial charge in [0.2, 0.25) is 5.95 Å². The van der Waals surface area contributed by atoms with E-state index in [9.17, 15) is 9.59 Å². The normalized spacial score (nSPS) is 18.7. The molecule has 5 aromatic rings. The molecule has 3 unspecified atom stereocenters. The summed E-state index contributed by atoms with van der Waals surface area (Å²) < 4.78 is 29.3. The molecular weight excluding hydrogens is 579 g/mol. The van der Waals surface area contributed by atoms with Crippen LogP contribution in [0.3, 0.4) is 0 Å². The lowest BCUT2D eigenvalue weighted by Crippen LogP contribution is -2.54. The van der Waals surface area contributed by atoms with Crippen LogP contribution in [-0.4, -0.2) is 63.0 Å². The standard InChI is InChI=1S/C32H31FN8O4/c1-39(18-19-8-10-21(44-2)11-9-19)26-17-24(35-22-6-5-14-40(32(22)43)25-7-3-4-13-34-25)37-30-27(29(33)38-41(26)30)31(42)36-23-16-20-12-15-45-28(20)23/h3-11,13-14,17,20,23,28H,12,15-16,18H2,1-2H3,(H,35,37)(H,36,42). The van der Waals surface area contributed by atoms with E-state index in [-0.39, 0.29) is 40.4 Å². The lowest BCUT2D eigenvalue weighted by atomic mass is 9.77. The molecule has 0 spiro atoms. The van der Waals surface area contributed by atoms with Gasteiger partial charge in [-0.2, -0.15) is 8.91 Å². The number of hydrogen-bond acceptors (Lipinski definition) is 9. The number of aromatic nitrogens is 5. The number of hydrogen-bond donors (Lipinski definition) is 2. The second-order valence-electron chi connectivity index (χ2n) is 11.2. The van der Waals surface area contributed by atoms with Gasteiger partial charge >= 0.3 is 0 Å². The van der Waals surface area contributed by atoms with Crippen molar-refractivity contribution < 1.29 is 18.7 Å². The number of amides is 1. The number of nitrogens with one attached hydrogen (secondary N) is 2. The highest BCUT2D eigenvalue weighted by molar-refractivity contribution is 6.00. The van der Waals surface area contributed by atoms with Crippen LogP contribution in [0.2, 0.25) is 0 Å². The molecule has 3 atom stereocenters. The van der Waals surface area contributed by atoms with Gasteiger partial charge in [-0.05, 0) is 60.7 Å². The molecular formula is C32H31FN8O4. The molecule has 1 saturated heterocycles. The Hall–Kier alpha value is -5.30. The number of rotatable bonds is 9. The minimum absolute atomic E-state index is 0.00998. The first kappa shape index (κ1) is 28.5. The van der Waals surface area contributed by atoms with E-state index in [2.05, 4.69) is 25.7 Å². The average molecular weight is 611 g/mol. The molecule has 13 heteroatoms. The third-order valence-electron chi connectivity index (χ3n) is 8.36. The molecule has 1 aliphatic heterocycles. The summed E-state index contributed by atoms with van der Waals surface area (Å²) in [5.74, 6) is 0.701. The minimum atomic E-state index is -0.948. The van der Waals surface area contributed by atoms with Gasteiger partial charge in [0.1, 0.15) is 34.5 Å². The SMILES string of the molecule is COc1ccc(CN(C)c2cc(Nc3cccn(-c4ccccn4)c3=O)nc3c(C(=O)NC4CC5CCOC54)c(F)nn23)cc1. The van der Waals surface area contributed by atoms with Gasteiger partial charge in [0.05, 0.1) is 19.3 Å². The summed E-state index contributed by atoms with van der Waals surface area (Å²) in [6.45, 7) is 1.08. The molecule has 4 aromatic heterocycles. The molecule has 1 aliphatic carbocycles. The van der Waals surface area contributed by atoms with E-state index in [1.165, 1.54) is 9.08 Å². The zero-order chi connectivity index (χ0) is 31.1. The van der Waals surface area contributed by atoms with Crippen molar-refractivity contribution in [1.82, 2.24) is 29.5 Å². The summed E-state index contributed by atoms with van der Waals surface area (Å²) >= 11 is 0. The Morgan fingerprint density at radius 3 is 2.78 bits per heavy atom. The highest BCUT2D eigenvalue weighted by Gasteiger charge is 2.46. The maximum absolute atomic E-state index is 15.5. The zero-order valence-corrected chi connectivity index (χ0v) is 24.7. The Kier molecular flexibility index (Phi) is 7.37. The Bertz CT molecular complexity index is 1930. The summed E-state index contributed by atoms with van der Waals surface area (Å²) in [5.41, 5.74) is 0.545. The summed E-state index contributed by atoms with van der Waals surface area (Å²) in [6, 6.07) is 17.6. The molecule has 2 N–H and O–H groups in total. The Morgan fingerprint density at radius 1 is 1.18 bits per heavy atom. The predicted octanol–water partition coefficient (Wildman–Crippen LogP) is 3.71. The number of benzene rings is 1. The van der Waals surface area contributed by atoms with Gasteiger partial charge in [0.15, 0.2) is 5.65 Å². The average Bonchev–Trinajstić information content (AvgIpc) is 3.59. The van der Waals surface area contributed by atoms with Crippen LogP contribution in [0.4, 0.5) is 21.7 Å². The van der Waals surface area contributed by atoms with Crippen LogP contribution in [0.15, 0.2) is 77.9 Å². The van der Waals surface area contributed by atoms with E-state index < -0.39 is 11.9 Å². The van der Waals surface area contributed by atoms with E-state index in [1.807, 2.05) is 36.2 Å². The number of methoxy groups -OCH3 is 1. The predicted molar refractivity (Wildman–Crippen MR) is 165 cm³/mol. The minimum Gasteiger partial charge on any atom is -0.497 e. The summed E-state index contributed by atoms with van der Waals surface area (Å²) in [5, 5.41) is 10.1. The molecule has 7 rings (SSSR count). The highest BCUT2D eigenvalue weighted by atomic mass is 19.1. The molecule has 2 aliphatic rings. The van der Waals surface area contributed by atoms with Crippen LogP contribution in [0, 0.1) is 11.9 Å². The van der Waals surface area contributed by atoms with Crippen molar-refractivity contribution in [2.75, 3.05) is 31.0 Å². The number of nitrogens with zero attached hydrogens (tertiary/aromatic N) is 6. The number of carbonyl (C=O) groups excluding carboxylic acids is 1. The van der Waals surface area contributed by atoms with Crippen molar-refractivity contribution in [3.8, 4) is 11.6 Å². The van der Waals surface area contributed by atoms with Crippen molar-refractivity contribution in [3.05, 3.63) is 100 Å². The van der Waals surface area contributed by atoms with Gasteiger partial charge in [-0.1, -0.05) is 18.2 Å². The summed E-state index contributed by atoms with van der Waals surface area (Å²) in [4.78, 5) is 37.7. The fraction of sp³-hybridized carbons (Fsp3) is 0.281. The highest BCUT2D eigenvalue weighted by Crippen LogP contribution is 2.38. The van der Waals surface area contributed by atoms with Crippen LogP contribution in [0.25, 0.3) is 11.5 Å². The number of ether oxygens (including phenoxy) is 2. The third-order valence-corrected chi connectivity index (χ3v) is 8.36. The number of carbonyl (C=O) groups is 1. The smallest absolute Gasteiger partial charge is 0.279 e. The monoisotopic (exact) mass is 610 g/mol. The molecule has 0 bridgehead atoms. The number of pyridine rings is 2. The van der Waals surface area contributed by atoms with Crippen LogP contribution in [0.1, 0.15) is 28.8 Å². The van der Waals surface area contributed by atoms with Crippen molar-refractivity contribution in [2.45, 2.75) is 31.5 Å². The van der Waals surface area contributed by atoms with Crippen LogP contribution in [0.5, 0.6) is 5.75 Å². The molecule has 1 amide bonds. The first-order chi connectivity index (χ1) is 21.9. The van der Waals surface area contributed by atoms with Crippen molar-refractivity contribution in [1.29, 1.82) is 0 Å². The Labute approximate surface area is 257 Å². The first-order valence-electron chi connectivity index (χ1n) is 14.7. The lowest BCUT2D eigenvalue weighted by molar-refractivity contribution is -0.000613. The van der Waals surface area contributed by atoms with Gasteiger partial charge in [0.25, 0.3) is 11.5 Å². The van der Waals surface area contributed by atoms with E-state index in [4.69, 9.17) is 9.47 Å². The zero-order valence-electron chi connectivity index (χ0n) is 24.7. The number of halogens is 1. The molecule has 2 fully saturated rings. The fourth-order valence-electron chi connectivity index (χ4n) is 6.00. The molecule has 12 nitrogen and oxygen atoms in total. The van der Waals surface area contributed by atoms with Gasteiger partial charge in [-0.15, -0.1) is 5.10 Å². The van der Waals surface area contributed by atoms with Crippen molar-refractivity contribution in [3.63, 3.8) is 0 Å². The maximum atomic E-state index is 15.5. The van der Waals surface area contributed by atoms with E-state index in [0.29, 0.717) is 30.7 Å². The molecule has 0 radical (unpaired) electrons. The van der Waals surface area contributed by atoms with Gasteiger partial charge < -0.3 is 25.0 Å².